The van der Waals surface area contributed by atoms with E-state index in [1.54, 1.807) is 7.11 Å². The number of aromatic nitrogens is 1. The van der Waals surface area contributed by atoms with Gasteiger partial charge in [-0.25, -0.2) is 0 Å². The molecule has 0 bridgehead atoms. The first kappa shape index (κ1) is 32.7. The van der Waals surface area contributed by atoms with Gasteiger partial charge >= 0.3 is 0 Å². The summed E-state index contributed by atoms with van der Waals surface area (Å²) in [5.41, 5.74) is 17.4. The smallest absolute Gasteiger partial charge is 0.185 e. The van der Waals surface area contributed by atoms with Crippen LogP contribution in [0.25, 0.3) is 21.5 Å². The molecule has 6 rings (SSSR count). The molecule has 48 heavy (non-hydrogen) atoms. The highest BCUT2D eigenvalue weighted by Gasteiger charge is 2.13. The van der Waals surface area contributed by atoms with Gasteiger partial charge in [-0.2, -0.15) is 0 Å². The fourth-order valence-corrected chi connectivity index (χ4v) is 6.30. The van der Waals surface area contributed by atoms with E-state index >= 15 is 0 Å². The van der Waals surface area contributed by atoms with Crippen LogP contribution in [0.3, 0.4) is 0 Å². The molecule has 6 aromatic rings. The molecule has 0 aliphatic heterocycles. The number of nitrogens with zero attached hydrogens (tertiary/aromatic N) is 4. The minimum absolute atomic E-state index is 0.143. The molecule has 0 unspecified atom stereocenters. The van der Waals surface area contributed by atoms with Gasteiger partial charge in [0.2, 0.25) is 0 Å². The number of nitrogens with two attached hydrogens (primary N) is 2. The predicted octanol–water partition coefficient (Wildman–Crippen LogP) is 7.26. The van der Waals surface area contributed by atoms with Crippen molar-refractivity contribution >= 4 is 27.5 Å². The maximum Gasteiger partial charge on any atom is 0.185 e. The number of aliphatic imine (C=N–C) groups is 1. The molecular formula is C41H44N6O. The Morgan fingerprint density at radius 2 is 1.33 bits per heavy atom. The molecule has 244 valence electrons. The van der Waals surface area contributed by atoms with Gasteiger partial charge in [0.05, 0.1) is 12.8 Å². The van der Waals surface area contributed by atoms with Crippen LogP contribution in [0.1, 0.15) is 34.4 Å². The van der Waals surface area contributed by atoms with Crippen molar-refractivity contribution in [3.8, 4) is 5.75 Å². The van der Waals surface area contributed by atoms with E-state index in [2.05, 4.69) is 129 Å². The van der Waals surface area contributed by atoms with E-state index in [0.717, 1.165) is 57.1 Å². The van der Waals surface area contributed by atoms with E-state index in [1.807, 2.05) is 18.3 Å². The van der Waals surface area contributed by atoms with Crippen LogP contribution in [0.2, 0.25) is 0 Å². The van der Waals surface area contributed by atoms with E-state index < -0.39 is 0 Å². The van der Waals surface area contributed by atoms with Gasteiger partial charge in [-0.1, -0.05) is 91.0 Å². The molecule has 1 aromatic heterocycles. The van der Waals surface area contributed by atoms with Crippen LogP contribution in [0.15, 0.2) is 133 Å². The van der Waals surface area contributed by atoms with Gasteiger partial charge in [0.1, 0.15) is 5.75 Å². The minimum Gasteiger partial charge on any atom is -0.497 e. The molecule has 7 nitrogen and oxygen atoms in total. The molecular weight excluding hydrogens is 592 g/mol. The lowest BCUT2D eigenvalue weighted by Gasteiger charge is -2.24. The van der Waals surface area contributed by atoms with Crippen molar-refractivity contribution in [1.82, 2.24) is 14.8 Å². The monoisotopic (exact) mass is 636 g/mol. The zero-order valence-electron chi connectivity index (χ0n) is 27.6. The van der Waals surface area contributed by atoms with Gasteiger partial charge in [0.15, 0.2) is 5.96 Å². The molecule has 0 radical (unpaired) electrons. The molecule has 1 heterocycles. The lowest BCUT2D eigenvalue weighted by molar-refractivity contribution is 0.244. The van der Waals surface area contributed by atoms with E-state index in [4.69, 9.17) is 16.2 Å². The zero-order chi connectivity index (χ0) is 33.1. The van der Waals surface area contributed by atoms with Gasteiger partial charge < -0.3 is 16.2 Å². The van der Waals surface area contributed by atoms with Crippen molar-refractivity contribution in [2.45, 2.75) is 39.1 Å². The summed E-state index contributed by atoms with van der Waals surface area (Å²) in [6.45, 7) is 5.58. The first-order chi connectivity index (χ1) is 23.5. The molecule has 5 aromatic carbocycles. The van der Waals surface area contributed by atoms with Gasteiger partial charge in [-0.05, 0) is 80.6 Å². The Kier molecular flexibility index (Phi) is 10.9. The number of hydrogen-bond acceptors (Lipinski definition) is 5. The fraction of sp³-hybridized carbons (Fsp3) is 0.220. The number of fused-ring (bicyclic) bond motifs is 2. The largest absolute Gasteiger partial charge is 0.497 e. The van der Waals surface area contributed by atoms with Crippen LogP contribution in [0.4, 0.5) is 0 Å². The lowest BCUT2D eigenvalue weighted by atomic mass is 10.0. The molecule has 0 saturated carbocycles. The van der Waals surface area contributed by atoms with Crippen LogP contribution in [0, 0.1) is 0 Å². The van der Waals surface area contributed by atoms with Crippen LogP contribution in [-0.4, -0.2) is 40.9 Å². The van der Waals surface area contributed by atoms with Gasteiger partial charge in [-0.3, -0.25) is 19.8 Å². The highest BCUT2D eigenvalue weighted by Crippen LogP contribution is 2.24. The van der Waals surface area contributed by atoms with E-state index in [1.165, 1.54) is 43.8 Å². The molecule has 0 spiro atoms. The van der Waals surface area contributed by atoms with E-state index in [0.29, 0.717) is 6.54 Å². The Bertz CT molecular complexity index is 1950. The number of methoxy groups -OCH3 is 1. The third-order valence-corrected chi connectivity index (χ3v) is 8.67. The summed E-state index contributed by atoms with van der Waals surface area (Å²) in [5, 5.41) is 4.94. The lowest BCUT2D eigenvalue weighted by Crippen LogP contribution is -2.26. The Morgan fingerprint density at radius 3 is 2.10 bits per heavy atom. The van der Waals surface area contributed by atoms with Crippen LogP contribution >= 0.6 is 0 Å². The highest BCUT2D eigenvalue weighted by atomic mass is 16.5. The summed E-state index contributed by atoms with van der Waals surface area (Å²) in [7, 11) is 1.71. The number of hydrogen-bond donors (Lipinski definition) is 2. The number of benzene rings is 5. The van der Waals surface area contributed by atoms with E-state index in [9.17, 15) is 0 Å². The topological polar surface area (TPSA) is 93.0 Å². The molecule has 0 atom stereocenters. The Balaban J connectivity index is 1.17. The SMILES string of the molecule is COc1ccc2cc(CN(Cc3ccc(CN(CCCN=C(N)N)Cc4cccc5ccccc45)cc3)Cc3ccccn3)ccc2c1. The Morgan fingerprint density at radius 1 is 0.646 bits per heavy atom. The van der Waals surface area contributed by atoms with Crippen molar-refractivity contribution in [1.29, 1.82) is 0 Å². The number of ether oxygens (including phenoxy) is 1. The second-order valence-corrected chi connectivity index (χ2v) is 12.3. The molecule has 4 N–H and O–H groups in total. The van der Waals surface area contributed by atoms with Crippen molar-refractivity contribution < 1.29 is 4.74 Å². The molecule has 0 aliphatic rings. The van der Waals surface area contributed by atoms with Gasteiger partial charge in [0, 0.05) is 52.0 Å². The molecule has 7 heteroatoms. The molecule has 0 aliphatic carbocycles. The second kappa shape index (κ2) is 16.0. The van der Waals surface area contributed by atoms with Crippen molar-refractivity contribution in [3.63, 3.8) is 0 Å². The van der Waals surface area contributed by atoms with Crippen molar-refractivity contribution in [3.05, 3.63) is 155 Å². The number of rotatable bonds is 15. The Hall–Kier alpha value is -5.24. The summed E-state index contributed by atoms with van der Waals surface area (Å²) >= 11 is 0. The first-order valence-corrected chi connectivity index (χ1v) is 16.5. The fourth-order valence-electron chi connectivity index (χ4n) is 6.30. The zero-order valence-corrected chi connectivity index (χ0v) is 27.6. The second-order valence-electron chi connectivity index (χ2n) is 12.3. The summed E-state index contributed by atoms with van der Waals surface area (Å²) in [6, 6.07) is 43.3. The van der Waals surface area contributed by atoms with E-state index in [-0.39, 0.29) is 5.96 Å². The van der Waals surface area contributed by atoms with Gasteiger partial charge in [0.25, 0.3) is 0 Å². The average Bonchev–Trinajstić information content (AvgIpc) is 3.11. The van der Waals surface area contributed by atoms with Crippen LogP contribution < -0.4 is 16.2 Å². The summed E-state index contributed by atoms with van der Waals surface area (Å²) in [5.74, 6) is 1.02. The Labute approximate surface area is 283 Å². The van der Waals surface area contributed by atoms with Crippen LogP contribution in [0.5, 0.6) is 5.75 Å². The third-order valence-electron chi connectivity index (χ3n) is 8.67. The number of pyridine rings is 1. The van der Waals surface area contributed by atoms with Crippen LogP contribution in [-0.2, 0) is 32.7 Å². The quantitative estimate of drug-likeness (QED) is 0.0700. The van der Waals surface area contributed by atoms with Crippen molar-refractivity contribution in [2.24, 2.45) is 16.5 Å². The molecule has 0 fully saturated rings. The van der Waals surface area contributed by atoms with Crippen molar-refractivity contribution in [2.75, 3.05) is 20.2 Å². The maximum absolute atomic E-state index is 5.59. The summed E-state index contributed by atoms with van der Waals surface area (Å²) < 4.78 is 5.42. The summed E-state index contributed by atoms with van der Waals surface area (Å²) in [4.78, 5) is 13.8. The standard InChI is InChI=1S/C41H44N6O/c1-48-39-20-19-35-24-33(17-18-36(35)25-39)28-47(30-38-11-4-5-21-44-38)27-32-15-13-31(14-16-32)26-46(23-7-22-45-41(42)43)29-37-10-6-9-34-8-2-3-12-40(34)37/h2-6,8-21,24-25H,7,22-23,26-30H2,1H3,(H4,42,43,45). The summed E-state index contributed by atoms with van der Waals surface area (Å²) in [6.07, 6.45) is 2.75. The molecule has 0 saturated heterocycles. The minimum atomic E-state index is 0.143. The predicted molar refractivity (Wildman–Crippen MR) is 197 cm³/mol. The average molecular weight is 637 g/mol. The third kappa shape index (κ3) is 8.97. The first-order valence-electron chi connectivity index (χ1n) is 16.5. The van der Waals surface area contributed by atoms with Gasteiger partial charge in [-0.15, -0.1) is 0 Å². The molecule has 0 amide bonds. The highest BCUT2D eigenvalue weighted by molar-refractivity contribution is 5.86. The number of guanidine groups is 1. The normalized spacial score (nSPS) is 11.4. The maximum atomic E-state index is 5.59.